The largest absolute Gasteiger partial charge is 0.347 e. The van der Waals surface area contributed by atoms with E-state index in [1.165, 1.54) is 19.3 Å². The number of nitrogens with zero attached hydrogens (tertiary/aromatic N) is 2. The lowest BCUT2D eigenvalue weighted by Crippen LogP contribution is -2.37. The summed E-state index contributed by atoms with van der Waals surface area (Å²) in [6.07, 6.45) is 7.83. The summed E-state index contributed by atoms with van der Waals surface area (Å²) in [6.45, 7) is 0.505. The lowest BCUT2D eigenvalue weighted by Gasteiger charge is -2.21. The van der Waals surface area contributed by atoms with Crippen LogP contribution in [0.3, 0.4) is 0 Å². The van der Waals surface area contributed by atoms with E-state index >= 15 is 0 Å². The van der Waals surface area contributed by atoms with Crippen LogP contribution < -0.4 is 10.2 Å². The van der Waals surface area contributed by atoms with E-state index < -0.39 is 0 Å². The van der Waals surface area contributed by atoms with Gasteiger partial charge in [0.15, 0.2) is 0 Å². The number of anilines is 1. The SMILES string of the molecule is O=C(N[C@@H]1CC(=O)N(c2ccccc2)C1)c1cn[nH]c1C1CCCCC1. The minimum atomic E-state index is -0.177. The highest BCUT2D eigenvalue weighted by Gasteiger charge is 2.32. The number of H-pyrrole nitrogens is 1. The topological polar surface area (TPSA) is 78.1 Å². The van der Waals surface area contributed by atoms with Gasteiger partial charge in [-0.2, -0.15) is 5.10 Å². The Hall–Kier alpha value is -2.63. The van der Waals surface area contributed by atoms with Crippen LogP contribution in [0.4, 0.5) is 5.69 Å². The molecule has 2 fully saturated rings. The van der Waals surface area contributed by atoms with Gasteiger partial charge in [-0.15, -0.1) is 0 Å². The summed E-state index contributed by atoms with van der Waals surface area (Å²) in [7, 11) is 0. The molecule has 2 N–H and O–H groups in total. The van der Waals surface area contributed by atoms with Crippen molar-refractivity contribution < 1.29 is 9.59 Å². The maximum atomic E-state index is 12.8. The first-order chi connectivity index (χ1) is 12.7. The molecule has 0 unspecified atom stereocenters. The van der Waals surface area contributed by atoms with Crippen molar-refractivity contribution in [3.63, 3.8) is 0 Å². The lowest BCUT2D eigenvalue weighted by molar-refractivity contribution is -0.117. The maximum absolute atomic E-state index is 12.8. The van der Waals surface area contributed by atoms with E-state index in [4.69, 9.17) is 0 Å². The second-order valence-corrected chi connectivity index (χ2v) is 7.25. The van der Waals surface area contributed by atoms with Gasteiger partial charge in [0.2, 0.25) is 5.91 Å². The average Bonchev–Trinajstić information content (AvgIpc) is 3.30. The first-order valence-corrected chi connectivity index (χ1v) is 9.42. The normalized spacial score (nSPS) is 21.2. The number of rotatable bonds is 4. The first kappa shape index (κ1) is 16.8. The molecule has 2 aliphatic rings. The van der Waals surface area contributed by atoms with Crippen molar-refractivity contribution in [3.8, 4) is 0 Å². The molecule has 136 valence electrons. The van der Waals surface area contributed by atoms with Crippen LogP contribution in [0.15, 0.2) is 36.5 Å². The molecule has 1 aromatic heterocycles. The number of para-hydroxylation sites is 1. The highest BCUT2D eigenvalue weighted by atomic mass is 16.2. The van der Waals surface area contributed by atoms with Crippen molar-refractivity contribution in [1.29, 1.82) is 0 Å². The third-order valence-corrected chi connectivity index (χ3v) is 5.45. The van der Waals surface area contributed by atoms with Crippen LogP contribution >= 0.6 is 0 Å². The summed E-state index contributed by atoms with van der Waals surface area (Å²) in [5, 5.41) is 10.2. The zero-order valence-corrected chi connectivity index (χ0v) is 14.8. The summed E-state index contributed by atoms with van der Waals surface area (Å²) in [6, 6.07) is 9.41. The minimum Gasteiger partial charge on any atom is -0.347 e. The van der Waals surface area contributed by atoms with Crippen LogP contribution in [0, 0.1) is 0 Å². The number of aromatic nitrogens is 2. The van der Waals surface area contributed by atoms with Gasteiger partial charge in [-0.05, 0) is 25.0 Å². The van der Waals surface area contributed by atoms with E-state index in [-0.39, 0.29) is 17.9 Å². The number of hydrogen-bond acceptors (Lipinski definition) is 3. The molecule has 2 amide bonds. The van der Waals surface area contributed by atoms with Crippen LogP contribution in [0.2, 0.25) is 0 Å². The monoisotopic (exact) mass is 352 g/mol. The molecule has 2 aromatic rings. The summed E-state index contributed by atoms with van der Waals surface area (Å²) in [5.41, 5.74) is 2.45. The van der Waals surface area contributed by atoms with Gasteiger partial charge in [0.25, 0.3) is 5.91 Å². The van der Waals surface area contributed by atoms with Crippen LogP contribution in [0.1, 0.15) is 60.5 Å². The highest BCUT2D eigenvalue weighted by molar-refractivity contribution is 5.99. The molecule has 2 heterocycles. The number of hydrogen-bond donors (Lipinski definition) is 2. The second kappa shape index (κ2) is 7.32. The fourth-order valence-corrected chi connectivity index (χ4v) is 4.10. The molecule has 1 atom stereocenters. The number of amides is 2. The molecule has 26 heavy (non-hydrogen) atoms. The van der Waals surface area contributed by atoms with Gasteiger partial charge in [0.1, 0.15) is 0 Å². The quantitative estimate of drug-likeness (QED) is 0.888. The minimum absolute atomic E-state index is 0.0428. The molecular weight excluding hydrogens is 328 g/mol. The third-order valence-electron chi connectivity index (χ3n) is 5.45. The zero-order valence-electron chi connectivity index (χ0n) is 14.8. The highest BCUT2D eigenvalue weighted by Crippen LogP contribution is 2.33. The molecule has 0 bridgehead atoms. The van der Waals surface area contributed by atoms with E-state index in [2.05, 4.69) is 15.5 Å². The van der Waals surface area contributed by atoms with Gasteiger partial charge in [0.05, 0.1) is 23.5 Å². The average molecular weight is 352 g/mol. The molecular formula is C20H24N4O2. The van der Waals surface area contributed by atoms with E-state index in [1.54, 1.807) is 11.1 Å². The number of aromatic amines is 1. The molecule has 1 aliphatic carbocycles. The van der Waals surface area contributed by atoms with Crippen molar-refractivity contribution in [2.75, 3.05) is 11.4 Å². The van der Waals surface area contributed by atoms with Crippen LogP contribution in [0.25, 0.3) is 0 Å². The number of benzene rings is 1. The number of carbonyl (C=O) groups is 2. The van der Waals surface area contributed by atoms with E-state index in [9.17, 15) is 9.59 Å². The molecule has 1 saturated heterocycles. The van der Waals surface area contributed by atoms with E-state index in [1.807, 2.05) is 30.3 Å². The fraction of sp³-hybridized carbons (Fsp3) is 0.450. The smallest absolute Gasteiger partial charge is 0.255 e. The Labute approximate surface area is 153 Å². The zero-order chi connectivity index (χ0) is 17.9. The molecule has 1 aromatic carbocycles. The molecule has 0 radical (unpaired) electrons. The van der Waals surface area contributed by atoms with Crippen molar-refractivity contribution in [2.24, 2.45) is 0 Å². The molecule has 1 aliphatic heterocycles. The number of nitrogens with one attached hydrogen (secondary N) is 2. The first-order valence-electron chi connectivity index (χ1n) is 9.42. The van der Waals surface area contributed by atoms with Crippen molar-refractivity contribution in [1.82, 2.24) is 15.5 Å². The summed E-state index contributed by atoms with van der Waals surface area (Å²) in [5.74, 6) is 0.297. The van der Waals surface area contributed by atoms with Gasteiger partial charge < -0.3 is 10.2 Å². The lowest BCUT2D eigenvalue weighted by atomic mass is 9.85. The molecule has 0 spiro atoms. The molecule has 6 heteroatoms. The second-order valence-electron chi connectivity index (χ2n) is 7.25. The van der Waals surface area contributed by atoms with Crippen molar-refractivity contribution in [2.45, 2.75) is 50.5 Å². The Kier molecular flexibility index (Phi) is 4.73. The van der Waals surface area contributed by atoms with Crippen molar-refractivity contribution >= 4 is 17.5 Å². The van der Waals surface area contributed by atoms with Gasteiger partial charge in [-0.1, -0.05) is 37.5 Å². The van der Waals surface area contributed by atoms with Gasteiger partial charge in [-0.25, -0.2) is 0 Å². The number of carbonyl (C=O) groups excluding carboxylic acids is 2. The van der Waals surface area contributed by atoms with Gasteiger partial charge in [0, 0.05) is 24.6 Å². The Bertz CT molecular complexity index is 780. The van der Waals surface area contributed by atoms with Crippen LogP contribution in [-0.2, 0) is 4.79 Å². The van der Waals surface area contributed by atoms with Crippen LogP contribution in [-0.4, -0.2) is 34.6 Å². The van der Waals surface area contributed by atoms with Gasteiger partial charge >= 0.3 is 0 Å². The van der Waals surface area contributed by atoms with Crippen LogP contribution in [0.5, 0.6) is 0 Å². The predicted octanol–water partition coefficient (Wildman–Crippen LogP) is 2.99. The third kappa shape index (κ3) is 3.36. The van der Waals surface area contributed by atoms with E-state index in [0.717, 1.165) is 24.2 Å². The molecule has 4 rings (SSSR count). The summed E-state index contributed by atoms with van der Waals surface area (Å²) in [4.78, 5) is 26.8. The maximum Gasteiger partial charge on any atom is 0.255 e. The fourth-order valence-electron chi connectivity index (χ4n) is 4.10. The van der Waals surface area contributed by atoms with E-state index in [0.29, 0.717) is 24.4 Å². The molecule has 1 saturated carbocycles. The Morgan fingerprint density at radius 3 is 2.69 bits per heavy atom. The summed E-state index contributed by atoms with van der Waals surface area (Å²) >= 11 is 0. The Balaban J connectivity index is 1.43. The summed E-state index contributed by atoms with van der Waals surface area (Å²) < 4.78 is 0. The van der Waals surface area contributed by atoms with Gasteiger partial charge in [-0.3, -0.25) is 14.7 Å². The van der Waals surface area contributed by atoms with Crippen molar-refractivity contribution in [3.05, 3.63) is 47.8 Å². The Morgan fingerprint density at radius 1 is 1.15 bits per heavy atom. The Morgan fingerprint density at radius 2 is 1.92 bits per heavy atom. The predicted molar refractivity (Wildman–Crippen MR) is 99.1 cm³/mol. The standard InChI is InChI=1S/C20H24N4O2/c25-18-11-15(13-24(18)16-9-5-2-6-10-16)22-20(26)17-12-21-23-19(17)14-7-3-1-4-8-14/h2,5-6,9-10,12,14-15H,1,3-4,7-8,11,13H2,(H,21,23)(H,22,26)/t15-/m1/s1. The molecule has 6 nitrogen and oxygen atoms in total.